The van der Waals surface area contributed by atoms with Crippen molar-refractivity contribution in [2.24, 2.45) is 0 Å². The fourth-order valence-electron chi connectivity index (χ4n) is 1.79. The highest BCUT2D eigenvalue weighted by atomic mass is 16.5. The molecule has 1 aliphatic rings. The van der Waals surface area contributed by atoms with Crippen LogP contribution in [0.2, 0.25) is 0 Å². The zero-order valence-electron chi connectivity index (χ0n) is 8.55. The largest absolute Gasteiger partial charge is 0.377 e. The predicted molar refractivity (Wildman–Crippen MR) is 57.8 cm³/mol. The number of hydrogen-bond acceptors (Lipinski definition) is 1. The van der Waals surface area contributed by atoms with Gasteiger partial charge in [-0.2, -0.15) is 0 Å². The maximum absolute atomic E-state index is 5.77. The van der Waals surface area contributed by atoms with Crippen molar-refractivity contribution in [3.63, 3.8) is 0 Å². The van der Waals surface area contributed by atoms with Gasteiger partial charge in [0.2, 0.25) is 0 Å². The molecule has 0 spiro atoms. The zero-order chi connectivity index (χ0) is 9.97. The summed E-state index contributed by atoms with van der Waals surface area (Å²) in [4.78, 5) is 0. The van der Waals surface area contributed by atoms with Gasteiger partial charge in [0.1, 0.15) is 0 Å². The third-order valence-corrected chi connectivity index (χ3v) is 2.65. The summed E-state index contributed by atoms with van der Waals surface area (Å²) in [6.07, 6.45) is 2.22. The lowest BCUT2D eigenvalue weighted by atomic mass is 9.98. The molecule has 1 aliphatic heterocycles. The standard InChI is InChI=1S/C13H15O/c1-10(2)11-5-6-13-9-14-7-3-4-12(13)8-11/h1,5-6,8H,3-4,7,9H2,2H3. The van der Waals surface area contributed by atoms with Crippen molar-refractivity contribution in [3.8, 4) is 0 Å². The lowest BCUT2D eigenvalue weighted by Gasteiger charge is -2.07. The highest BCUT2D eigenvalue weighted by Crippen LogP contribution is 2.21. The molecule has 0 unspecified atom stereocenters. The molecule has 14 heavy (non-hydrogen) atoms. The Morgan fingerprint density at radius 1 is 1.36 bits per heavy atom. The molecule has 0 N–H and O–H groups in total. The van der Waals surface area contributed by atoms with Gasteiger partial charge < -0.3 is 4.74 Å². The van der Waals surface area contributed by atoms with Crippen LogP contribution in [0.15, 0.2) is 18.2 Å². The van der Waals surface area contributed by atoms with Crippen molar-refractivity contribution in [2.45, 2.75) is 26.4 Å². The van der Waals surface area contributed by atoms with Crippen LogP contribution in [0, 0.1) is 6.58 Å². The van der Waals surface area contributed by atoms with Gasteiger partial charge in [-0.25, -0.2) is 0 Å². The molecule has 0 amide bonds. The second kappa shape index (κ2) is 3.97. The molecule has 0 atom stereocenters. The molecule has 0 saturated carbocycles. The first-order valence-electron chi connectivity index (χ1n) is 5.06. The van der Waals surface area contributed by atoms with E-state index in [1.165, 1.54) is 11.1 Å². The highest BCUT2D eigenvalue weighted by molar-refractivity contribution is 5.61. The van der Waals surface area contributed by atoms with Crippen LogP contribution in [-0.2, 0) is 17.8 Å². The molecule has 1 aromatic rings. The van der Waals surface area contributed by atoms with Crippen LogP contribution in [-0.4, -0.2) is 6.61 Å². The molecule has 1 aromatic carbocycles. The Morgan fingerprint density at radius 2 is 2.21 bits per heavy atom. The lowest BCUT2D eigenvalue weighted by Crippen LogP contribution is -1.93. The molecule has 0 aromatic heterocycles. The van der Waals surface area contributed by atoms with E-state index in [2.05, 4.69) is 18.2 Å². The van der Waals surface area contributed by atoms with Crippen LogP contribution in [0.5, 0.6) is 0 Å². The normalized spacial score (nSPS) is 15.8. The van der Waals surface area contributed by atoms with Gasteiger partial charge >= 0.3 is 0 Å². The van der Waals surface area contributed by atoms with Gasteiger partial charge in [-0.1, -0.05) is 24.8 Å². The number of hydrogen-bond donors (Lipinski definition) is 0. The minimum absolute atomic E-state index is 0.749. The van der Waals surface area contributed by atoms with Crippen LogP contribution in [0.25, 0.3) is 5.57 Å². The Morgan fingerprint density at radius 3 is 3.00 bits per heavy atom. The zero-order valence-corrected chi connectivity index (χ0v) is 8.55. The summed E-state index contributed by atoms with van der Waals surface area (Å²) in [5, 5.41) is 0. The Labute approximate surface area is 85.4 Å². The quantitative estimate of drug-likeness (QED) is 0.656. The molecule has 1 heterocycles. The first-order valence-corrected chi connectivity index (χ1v) is 5.06. The molecular weight excluding hydrogens is 172 g/mol. The van der Waals surface area contributed by atoms with Gasteiger partial charge in [0.15, 0.2) is 0 Å². The van der Waals surface area contributed by atoms with E-state index in [-0.39, 0.29) is 0 Å². The first-order chi connectivity index (χ1) is 6.77. The predicted octanol–water partition coefficient (Wildman–Crippen LogP) is 2.99. The Balaban J connectivity index is 2.37. The summed E-state index contributed by atoms with van der Waals surface area (Å²) in [5.41, 5.74) is 4.74. The Hall–Kier alpha value is -1.08. The minimum Gasteiger partial charge on any atom is -0.377 e. The second-order valence-electron chi connectivity index (χ2n) is 3.82. The van der Waals surface area contributed by atoms with E-state index >= 15 is 0 Å². The van der Waals surface area contributed by atoms with Crippen LogP contribution >= 0.6 is 0 Å². The number of fused-ring (bicyclic) bond motifs is 1. The number of aryl methyl sites for hydroxylation is 1. The van der Waals surface area contributed by atoms with E-state index in [4.69, 9.17) is 11.3 Å². The molecule has 2 rings (SSSR count). The monoisotopic (exact) mass is 187 g/mol. The molecule has 0 bridgehead atoms. The maximum Gasteiger partial charge on any atom is 0.0719 e. The summed E-state index contributed by atoms with van der Waals surface area (Å²) in [6.45, 7) is 9.33. The van der Waals surface area contributed by atoms with Crippen molar-refractivity contribution in [1.82, 2.24) is 0 Å². The summed E-state index contributed by atoms with van der Waals surface area (Å²) in [6, 6.07) is 6.40. The van der Waals surface area contributed by atoms with E-state index in [9.17, 15) is 0 Å². The molecule has 1 heteroatoms. The summed E-state index contributed by atoms with van der Waals surface area (Å²) < 4.78 is 5.48. The van der Waals surface area contributed by atoms with Crippen LogP contribution in [0.4, 0.5) is 0 Å². The third kappa shape index (κ3) is 1.88. The summed E-state index contributed by atoms with van der Waals surface area (Å²) in [5.74, 6) is 0. The van der Waals surface area contributed by atoms with Crippen LogP contribution in [0.1, 0.15) is 30.0 Å². The topological polar surface area (TPSA) is 9.23 Å². The van der Waals surface area contributed by atoms with Crippen molar-refractivity contribution >= 4 is 5.57 Å². The van der Waals surface area contributed by atoms with Crippen LogP contribution in [0.3, 0.4) is 0 Å². The average molecular weight is 187 g/mol. The smallest absolute Gasteiger partial charge is 0.0719 e. The first kappa shape index (κ1) is 9.47. The minimum atomic E-state index is 0.749. The SMILES string of the molecule is [CH]=C(C)c1ccc2c(c1)CCCOC2. The summed E-state index contributed by atoms with van der Waals surface area (Å²) in [7, 11) is 0. The van der Waals surface area contributed by atoms with Gasteiger partial charge in [-0.3, -0.25) is 0 Å². The van der Waals surface area contributed by atoms with Gasteiger partial charge in [-0.15, -0.1) is 0 Å². The van der Waals surface area contributed by atoms with Gasteiger partial charge in [0.25, 0.3) is 0 Å². The molecular formula is C13H15O. The third-order valence-electron chi connectivity index (χ3n) is 2.65. The van der Waals surface area contributed by atoms with E-state index in [1.807, 2.05) is 6.92 Å². The fraction of sp³-hybridized carbons (Fsp3) is 0.385. The van der Waals surface area contributed by atoms with E-state index in [1.54, 1.807) is 0 Å². The van der Waals surface area contributed by atoms with Crippen molar-refractivity contribution < 1.29 is 4.74 Å². The van der Waals surface area contributed by atoms with Crippen LogP contribution < -0.4 is 0 Å². The Bertz CT molecular complexity index is 352. The Kier molecular flexibility index (Phi) is 2.69. The van der Waals surface area contributed by atoms with Crippen molar-refractivity contribution in [3.05, 3.63) is 41.5 Å². The number of allylic oxidation sites excluding steroid dienone is 1. The molecule has 0 aliphatic carbocycles. The van der Waals surface area contributed by atoms with Crippen molar-refractivity contribution in [2.75, 3.05) is 6.61 Å². The molecule has 1 nitrogen and oxygen atoms in total. The fourth-order valence-corrected chi connectivity index (χ4v) is 1.79. The molecule has 1 radical (unpaired) electrons. The molecule has 0 fully saturated rings. The summed E-state index contributed by atoms with van der Waals surface area (Å²) >= 11 is 0. The number of ether oxygens (including phenoxy) is 1. The van der Waals surface area contributed by atoms with Gasteiger partial charge in [-0.05, 0) is 42.0 Å². The molecule has 0 saturated heterocycles. The van der Waals surface area contributed by atoms with Gasteiger partial charge in [0, 0.05) is 6.61 Å². The average Bonchev–Trinajstić information content (AvgIpc) is 2.41. The second-order valence-corrected chi connectivity index (χ2v) is 3.82. The number of benzene rings is 1. The highest BCUT2D eigenvalue weighted by Gasteiger charge is 2.08. The maximum atomic E-state index is 5.77. The van der Waals surface area contributed by atoms with Gasteiger partial charge in [0.05, 0.1) is 6.61 Å². The van der Waals surface area contributed by atoms with E-state index < -0.39 is 0 Å². The lowest BCUT2D eigenvalue weighted by molar-refractivity contribution is 0.125. The van der Waals surface area contributed by atoms with E-state index in [0.29, 0.717) is 0 Å². The molecule has 73 valence electrons. The van der Waals surface area contributed by atoms with Crippen molar-refractivity contribution in [1.29, 1.82) is 0 Å². The van der Waals surface area contributed by atoms with E-state index in [0.717, 1.165) is 37.2 Å². The number of rotatable bonds is 1.